The minimum absolute atomic E-state index is 0.0820. The molecule has 0 aliphatic heterocycles. The fraction of sp³-hybridized carbons (Fsp3) is 0.0769. The number of imidazole rings is 1. The number of oxime groups is 1. The third kappa shape index (κ3) is 1.76. The predicted octanol–water partition coefficient (Wildman–Crippen LogP) is 1.22. The Hall–Kier alpha value is -2.96. The van der Waals surface area contributed by atoms with Crippen LogP contribution in [0.3, 0.4) is 0 Å². The molecule has 0 radical (unpaired) electrons. The lowest BCUT2D eigenvalue weighted by atomic mass is 10.1. The van der Waals surface area contributed by atoms with Gasteiger partial charge >= 0.3 is 0 Å². The van der Waals surface area contributed by atoms with Gasteiger partial charge in [-0.3, -0.25) is 4.57 Å². The lowest BCUT2D eigenvalue weighted by molar-refractivity contribution is 0.318. The van der Waals surface area contributed by atoms with Crippen LogP contribution in [0.2, 0.25) is 0 Å². The summed E-state index contributed by atoms with van der Waals surface area (Å²) < 4.78 is 1.64. The Labute approximate surface area is 114 Å². The van der Waals surface area contributed by atoms with Gasteiger partial charge in [0.05, 0.1) is 5.69 Å². The lowest BCUT2D eigenvalue weighted by Crippen LogP contribution is -2.19. The molecule has 0 atom stereocenters. The molecule has 7 heteroatoms. The molecule has 0 saturated carbocycles. The SMILES string of the molecule is Cc1nnc(-n2ccnc2/C(N)=N/O)c2ccccc12. The molecule has 0 fully saturated rings. The minimum atomic E-state index is -0.0820. The van der Waals surface area contributed by atoms with Crippen LogP contribution < -0.4 is 5.73 Å². The molecule has 3 aromatic rings. The Kier molecular flexibility index (Phi) is 2.79. The summed E-state index contributed by atoms with van der Waals surface area (Å²) in [5.41, 5.74) is 6.46. The second kappa shape index (κ2) is 4.61. The first-order chi connectivity index (χ1) is 9.72. The van der Waals surface area contributed by atoms with Gasteiger partial charge in [0.15, 0.2) is 11.6 Å². The average molecular weight is 268 g/mol. The highest BCUT2D eigenvalue weighted by Gasteiger charge is 2.14. The van der Waals surface area contributed by atoms with E-state index in [0.29, 0.717) is 11.6 Å². The molecule has 0 saturated heterocycles. The normalized spacial score (nSPS) is 11.9. The largest absolute Gasteiger partial charge is 0.409 e. The van der Waals surface area contributed by atoms with Gasteiger partial charge in [-0.25, -0.2) is 4.98 Å². The van der Waals surface area contributed by atoms with Crippen LogP contribution in [0.1, 0.15) is 11.5 Å². The van der Waals surface area contributed by atoms with Crippen molar-refractivity contribution in [3.63, 3.8) is 0 Å². The van der Waals surface area contributed by atoms with E-state index in [-0.39, 0.29) is 5.84 Å². The zero-order chi connectivity index (χ0) is 14.1. The molecule has 2 heterocycles. The summed E-state index contributed by atoms with van der Waals surface area (Å²) in [6.45, 7) is 1.90. The van der Waals surface area contributed by atoms with Crippen molar-refractivity contribution in [2.24, 2.45) is 10.9 Å². The van der Waals surface area contributed by atoms with Crippen LogP contribution in [-0.4, -0.2) is 30.8 Å². The summed E-state index contributed by atoms with van der Waals surface area (Å²) in [6.07, 6.45) is 3.25. The van der Waals surface area contributed by atoms with E-state index in [4.69, 9.17) is 10.9 Å². The molecule has 0 spiro atoms. The van der Waals surface area contributed by atoms with Crippen LogP contribution in [0.4, 0.5) is 0 Å². The second-order valence-electron chi connectivity index (χ2n) is 4.26. The number of amidine groups is 1. The molecule has 0 aliphatic carbocycles. The first-order valence-corrected chi connectivity index (χ1v) is 5.96. The fourth-order valence-corrected chi connectivity index (χ4v) is 2.11. The topological polar surface area (TPSA) is 102 Å². The number of aromatic nitrogens is 4. The molecule has 3 N–H and O–H groups in total. The number of benzene rings is 1. The number of aryl methyl sites for hydroxylation is 1. The lowest BCUT2D eigenvalue weighted by Gasteiger charge is -2.09. The third-order valence-electron chi connectivity index (χ3n) is 3.06. The molecule has 2 aromatic heterocycles. The number of nitrogens with zero attached hydrogens (tertiary/aromatic N) is 5. The molecular formula is C13H12N6O. The molecule has 7 nitrogen and oxygen atoms in total. The number of hydrogen-bond donors (Lipinski definition) is 2. The van der Waals surface area contributed by atoms with Gasteiger partial charge in [-0.2, -0.15) is 5.10 Å². The summed E-state index contributed by atoms with van der Waals surface area (Å²) >= 11 is 0. The van der Waals surface area contributed by atoms with Crippen LogP contribution in [0.25, 0.3) is 16.6 Å². The number of fused-ring (bicyclic) bond motifs is 1. The Morgan fingerprint density at radius 1 is 1.25 bits per heavy atom. The maximum Gasteiger partial charge on any atom is 0.206 e. The van der Waals surface area contributed by atoms with Crippen molar-refractivity contribution in [3.8, 4) is 5.82 Å². The van der Waals surface area contributed by atoms with E-state index in [2.05, 4.69) is 20.3 Å². The molecule has 3 rings (SSSR count). The molecule has 20 heavy (non-hydrogen) atoms. The van der Waals surface area contributed by atoms with E-state index in [1.807, 2.05) is 31.2 Å². The van der Waals surface area contributed by atoms with Crippen LogP contribution in [0.15, 0.2) is 41.8 Å². The van der Waals surface area contributed by atoms with Gasteiger partial charge in [-0.05, 0) is 6.92 Å². The molecular weight excluding hydrogens is 256 g/mol. The van der Waals surface area contributed by atoms with Crippen LogP contribution in [0.5, 0.6) is 0 Å². The van der Waals surface area contributed by atoms with Crippen LogP contribution in [-0.2, 0) is 0 Å². The summed E-state index contributed by atoms with van der Waals surface area (Å²) in [5, 5.41) is 22.1. The van der Waals surface area contributed by atoms with Crippen molar-refractivity contribution < 1.29 is 5.21 Å². The number of nitrogens with two attached hydrogens (primary N) is 1. The monoisotopic (exact) mass is 268 g/mol. The van der Waals surface area contributed by atoms with Gasteiger partial charge in [0, 0.05) is 23.2 Å². The number of hydrogen-bond acceptors (Lipinski definition) is 5. The van der Waals surface area contributed by atoms with Crippen LogP contribution >= 0.6 is 0 Å². The van der Waals surface area contributed by atoms with E-state index in [1.54, 1.807) is 17.0 Å². The maximum atomic E-state index is 8.81. The van der Waals surface area contributed by atoms with E-state index in [1.165, 1.54) is 0 Å². The molecule has 0 unspecified atom stereocenters. The first kappa shape index (κ1) is 12.1. The molecule has 0 bridgehead atoms. The highest BCUT2D eigenvalue weighted by atomic mass is 16.4. The summed E-state index contributed by atoms with van der Waals surface area (Å²) in [5.74, 6) is 0.822. The molecule has 100 valence electrons. The highest BCUT2D eigenvalue weighted by Crippen LogP contribution is 2.22. The quantitative estimate of drug-likeness (QED) is 0.315. The van der Waals surface area contributed by atoms with Crippen molar-refractivity contribution in [1.82, 2.24) is 19.7 Å². The van der Waals surface area contributed by atoms with Gasteiger partial charge in [0.25, 0.3) is 0 Å². The minimum Gasteiger partial charge on any atom is -0.409 e. The van der Waals surface area contributed by atoms with E-state index in [9.17, 15) is 0 Å². The van der Waals surface area contributed by atoms with Gasteiger partial charge in [-0.15, -0.1) is 5.10 Å². The van der Waals surface area contributed by atoms with Crippen molar-refractivity contribution in [2.75, 3.05) is 0 Å². The van der Waals surface area contributed by atoms with Crippen molar-refractivity contribution in [3.05, 3.63) is 48.2 Å². The van der Waals surface area contributed by atoms with Crippen molar-refractivity contribution in [2.45, 2.75) is 6.92 Å². The molecule has 1 aromatic carbocycles. The third-order valence-corrected chi connectivity index (χ3v) is 3.06. The Bertz CT molecular complexity index is 807. The first-order valence-electron chi connectivity index (χ1n) is 5.96. The standard InChI is InChI=1S/C13H12N6O/c1-8-9-4-2-3-5-10(9)12(17-16-8)19-7-6-15-13(19)11(14)18-20/h2-7,20H,1H3,(H2,14,18). The molecule has 0 amide bonds. The fourth-order valence-electron chi connectivity index (χ4n) is 2.11. The van der Waals surface area contributed by atoms with E-state index >= 15 is 0 Å². The van der Waals surface area contributed by atoms with Gasteiger partial charge in [0.1, 0.15) is 0 Å². The maximum absolute atomic E-state index is 8.81. The van der Waals surface area contributed by atoms with Gasteiger partial charge < -0.3 is 10.9 Å². The zero-order valence-electron chi connectivity index (χ0n) is 10.7. The average Bonchev–Trinajstić information content (AvgIpc) is 2.96. The summed E-state index contributed by atoms with van der Waals surface area (Å²) in [6, 6.07) is 7.79. The Morgan fingerprint density at radius 2 is 2.00 bits per heavy atom. The van der Waals surface area contributed by atoms with Crippen molar-refractivity contribution in [1.29, 1.82) is 0 Å². The van der Waals surface area contributed by atoms with Crippen LogP contribution in [0, 0.1) is 6.92 Å². The van der Waals surface area contributed by atoms with Crippen molar-refractivity contribution >= 4 is 16.6 Å². The highest BCUT2D eigenvalue weighted by molar-refractivity contribution is 5.96. The molecule has 0 aliphatic rings. The smallest absolute Gasteiger partial charge is 0.206 e. The van der Waals surface area contributed by atoms with E-state index in [0.717, 1.165) is 16.5 Å². The zero-order valence-corrected chi connectivity index (χ0v) is 10.7. The predicted molar refractivity (Wildman–Crippen MR) is 73.9 cm³/mol. The Morgan fingerprint density at radius 3 is 2.75 bits per heavy atom. The second-order valence-corrected chi connectivity index (χ2v) is 4.26. The van der Waals surface area contributed by atoms with Gasteiger partial charge in [0.2, 0.25) is 5.84 Å². The van der Waals surface area contributed by atoms with E-state index < -0.39 is 0 Å². The summed E-state index contributed by atoms with van der Waals surface area (Å²) in [4.78, 5) is 4.07. The Balaban J connectivity index is 2.32. The summed E-state index contributed by atoms with van der Waals surface area (Å²) in [7, 11) is 0. The van der Waals surface area contributed by atoms with Gasteiger partial charge in [-0.1, -0.05) is 29.4 Å². The number of rotatable bonds is 2.